The molecule has 1 N–H and O–H groups in total. The molecule has 1 nitrogen and oxygen atoms in total. The highest BCUT2D eigenvalue weighted by Crippen LogP contribution is 2.36. The zero-order valence-corrected chi connectivity index (χ0v) is 11.1. The smallest absolute Gasteiger partial charge is 0.0441 e. The van der Waals surface area contributed by atoms with E-state index in [4.69, 9.17) is 11.6 Å². The van der Waals surface area contributed by atoms with Crippen molar-refractivity contribution in [1.29, 1.82) is 0 Å². The number of fused-ring (bicyclic) bond motifs is 1. The van der Waals surface area contributed by atoms with Crippen LogP contribution in [0, 0.1) is 13.8 Å². The maximum absolute atomic E-state index is 6.30. The standard InChI is InChI=1S/C14H20ClN/c1-9-8-12(15)10(2)14-11(9)6-4-5-7-13(14)16-3/h8,13,16H,4-7H2,1-3H3. The molecule has 0 aliphatic heterocycles. The summed E-state index contributed by atoms with van der Waals surface area (Å²) in [5, 5.41) is 4.35. The van der Waals surface area contributed by atoms with Crippen molar-refractivity contribution < 1.29 is 0 Å². The first-order valence-electron chi connectivity index (χ1n) is 6.11. The first-order valence-corrected chi connectivity index (χ1v) is 6.48. The molecule has 0 heterocycles. The van der Waals surface area contributed by atoms with Gasteiger partial charge in [-0.05, 0) is 68.5 Å². The summed E-state index contributed by atoms with van der Waals surface area (Å²) in [5.74, 6) is 0. The van der Waals surface area contributed by atoms with Crippen LogP contribution in [0.1, 0.15) is 47.6 Å². The van der Waals surface area contributed by atoms with Crippen molar-refractivity contribution in [3.8, 4) is 0 Å². The molecule has 0 saturated carbocycles. The van der Waals surface area contributed by atoms with Crippen LogP contribution < -0.4 is 5.32 Å². The Hall–Kier alpha value is -0.530. The number of nitrogens with one attached hydrogen (secondary N) is 1. The van der Waals surface area contributed by atoms with E-state index >= 15 is 0 Å². The van der Waals surface area contributed by atoms with Gasteiger partial charge in [0, 0.05) is 11.1 Å². The van der Waals surface area contributed by atoms with Crippen molar-refractivity contribution in [2.24, 2.45) is 0 Å². The fourth-order valence-corrected chi connectivity index (χ4v) is 3.11. The molecule has 0 amide bonds. The molecule has 1 aliphatic rings. The Labute approximate surface area is 103 Å². The Bertz CT molecular complexity index is 398. The van der Waals surface area contributed by atoms with E-state index in [0.717, 1.165) is 5.02 Å². The van der Waals surface area contributed by atoms with Gasteiger partial charge in [0.1, 0.15) is 0 Å². The third kappa shape index (κ3) is 1.99. The van der Waals surface area contributed by atoms with Crippen molar-refractivity contribution in [1.82, 2.24) is 5.32 Å². The van der Waals surface area contributed by atoms with Gasteiger partial charge in [-0.2, -0.15) is 0 Å². The third-order valence-corrected chi connectivity index (χ3v) is 4.17. The summed E-state index contributed by atoms with van der Waals surface area (Å²) >= 11 is 6.30. The Kier molecular flexibility index (Phi) is 3.56. The van der Waals surface area contributed by atoms with Gasteiger partial charge in [0.2, 0.25) is 0 Å². The van der Waals surface area contributed by atoms with E-state index in [0.29, 0.717) is 6.04 Å². The molecular formula is C14H20ClN. The molecule has 0 aromatic heterocycles. The maximum atomic E-state index is 6.30. The van der Waals surface area contributed by atoms with Crippen LogP contribution in [0.15, 0.2) is 6.07 Å². The van der Waals surface area contributed by atoms with Gasteiger partial charge in [0.15, 0.2) is 0 Å². The summed E-state index contributed by atoms with van der Waals surface area (Å²) in [4.78, 5) is 0. The molecule has 0 saturated heterocycles. The van der Waals surface area contributed by atoms with Gasteiger partial charge in [-0.25, -0.2) is 0 Å². The average molecular weight is 238 g/mol. The first-order chi connectivity index (χ1) is 7.65. The van der Waals surface area contributed by atoms with Crippen LogP contribution in [0.3, 0.4) is 0 Å². The number of aryl methyl sites for hydroxylation is 1. The Morgan fingerprint density at radius 1 is 1.31 bits per heavy atom. The van der Waals surface area contributed by atoms with Gasteiger partial charge in [-0.3, -0.25) is 0 Å². The Balaban J connectivity index is 2.61. The molecular weight excluding hydrogens is 218 g/mol. The van der Waals surface area contributed by atoms with E-state index in [2.05, 4.69) is 32.3 Å². The van der Waals surface area contributed by atoms with Crippen LogP contribution in [0.25, 0.3) is 0 Å². The van der Waals surface area contributed by atoms with Gasteiger partial charge in [-0.15, -0.1) is 0 Å². The summed E-state index contributed by atoms with van der Waals surface area (Å²) in [7, 11) is 2.05. The molecule has 0 spiro atoms. The molecule has 1 aromatic rings. The number of hydrogen-bond donors (Lipinski definition) is 1. The quantitative estimate of drug-likeness (QED) is 0.730. The van der Waals surface area contributed by atoms with Gasteiger partial charge >= 0.3 is 0 Å². The fraction of sp³-hybridized carbons (Fsp3) is 0.571. The molecule has 1 aromatic carbocycles. The molecule has 1 unspecified atom stereocenters. The normalized spacial score (nSPS) is 20.4. The predicted octanol–water partition coefficient (Wildman–Crippen LogP) is 3.94. The van der Waals surface area contributed by atoms with Gasteiger partial charge < -0.3 is 5.32 Å². The number of rotatable bonds is 1. The largest absolute Gasteiger partial charge is 0.313 e. The van der Waals surface area contributed by atoms with Gasteiger partial charge in [0.05, 0.1) is 0 Å². The van der Waals surface area contributed by atoms with Crippen molar-refractivity contribution in [3.63, 3.8) is 0 Å². The van der Waals surface area contributed by atoms with Crippen LogP contribution in [0.5, 0.6) is 0 Å². The zero-order valence-electron chi connectivity index (χ0n) is 10.4. The summed E-state index contributed by atoms with van der Waals surface area (Å²) < 4.78 is 0. The highest BCUT2D eigenvalue weighted by molar-refractivity contribution is 6.31. The average Bonchev–Trinajstić information content (AvgIpc) is 2.48. The van der Waals surface area contributed by atoms with E-state index in [9.17, 15) is 0 Å². The molecule has 2 heteroatoms. The lowest BCUT2D eigenvalue weighted by Gasteiger charge is -2.22. The minimum atomic E-state index is 0.481. The van der Waals surface area contributed by atoms with E-state index in [1.54, 1.807) is 0 Å². The fourth-order valence-electron chi connectivity index (χ4n) is 2.84. The lowest BCUT2D eigenvalue weighted by atomic mass is 9.91. The Morgan fingerprint density at radius 2 is 2.06 bits per heavy atom. The van der Waals surface area contributed by atoms with Crippen LogP contribution in [-0.4, -0.2) is 7.05 Å². The SMILES string of the molecule is CNC1CCCCc2c(C)cc(Cl)c(C)c21. The van der Waals surface area contributed by atoms with E-state index in [-0.39, 0.29) is 0 Å². The zero-order chi connectivity index (χ0) is 11.7. The van der Waals surface area contributed by atoms with Gasteiger partial charge in [0.25, 0.3) is 0 Å². The van der Waals surface area contributed by atoms with Crippen molar-refractivity contribution in [2.75, 3.05) is 7.05 Å². The lowest BCUT2D eigenvalue weighted by Crippen LogP contribution is -2.18. The second-order valence-electron chi connectivity index (χ2n) is 4.78. The van der Waals surface area contributed by atoms with Crippen molar-refractivity contribution >= 4 is 11.6 Å². The van der Waals surface area contributed by atoms with Crippen LogP contribution >= 0.6 is 11.6 Å². The molecule has 2 rings (SSSR count). The highest BCUT2D eigenvalue weighted by atomic mass is 35.5. The van der Waals surface area contributed by atoms with E-state index in [1.807, 2.05) is 0 Å². The number of benzene rings is 1. The second-order valence-corrected chi connectivity index (χ2v) is 5.19. The molecule has 0 fully saturated rings. The number of hydrogen-bond acceptors (Lipinski definition) is 1. The lowest BCUT2D eigenvalue weighted by molar-refractivity contribution is 0.531. The highest BCUT2D eigenvalue weighted by Gasteiger charge is 2.21. The molecule has 1 atom stereocenters. The number of halogens is 1. The monoisotopic (exact) mass is 237 g/mol. The molecule has 0 bridgehead atoms. The molecule has 1 aliphatic carbocycles. The third-order valence-electron chi connectivity index (χ3n) is 3.77. The van der Waals surface area contributed by atoms with Crippen molar-refractivity contribution in [3.05, 3.63) is 33.3 Å². The summed E-state index contributed by atoms with van der Waals surface area (Å²) in [6, 6.07) is 2.60. The van der Waals surface area contributed by atoms with Crippen LogP contribution in [0.4, 0.5) is 0 Å². The van der Waals surface area contributed by atoms with E-state index in [1.165, 1.54) is 47.9 Å². The van der Waals surface area contributed by atoms with E-state index < -0.39 is 0 Å². The summed E-state index contributed by atoms with van der Waals surface area (Å²) in [6.45, 7) is 4.33. The minimum Gasteiger partial charge on any atom is -0.313 e. The first kappa shape index (κ1) is 11.9. The summed E-state index contributed by atoms with van der Waals surface area (Å²) in [5.41, 5.74) is 5.61. The second kappa shape index (κ2) is 4.77. The molecule has 88 valence electrons. The molecule has 0 radical (unpaired) electrons. The topological polar surface area (TPSA) is 12.0 Å². The van der Waals surface area contributed by atoms with Gasteiger partial charge in [-0.1, -0.05) is 18.0 Å². The van der Waals surface area contributed by atoms with Crippen LogP contribution in [-0.2, 0) is 6.42 Å². The predicted molar refractivity (Wildman–Crippen MR) is 70.3 cm³/mol. The minimum absolute atomic E-state index is 0.481. The van der Waals surface area contributed by atoms with Crippen LogP contribution in [0.2, 0.25) is 5.02 Å². The summed E-state index contributed by atoms with van der Waals surface area (Å²) in [6.07, 6.45) is 5.03. The Morgan fingerprint density at radius 3 is 2.75 bits per heavy atom. The van der Waals surface area contributed by atoms with Crippen molar-refractivity contribution in [2.45, 2.75) is 45.6 Å². The molecule has 16 heavy (non-hydrogen) atoms. The maximum Gasteiger partial charge on any atom is 0.0441 e.